The number of nitrogens with one attached hydrogen (secondary N) is 1. The van der Waals surface area contributed by atoms with Crippen molar-refractivity contribution >= 4 is 21.6 Å². The van der Waals surface area contributed by atoms with E-state index in [1.165, 1.54) is 4.31 Å². The largest absolute Gasteiger partial charge is 0.491 e. The summed E-state index contributed by atoms with van der Waals surface area (Å²) in [5.74, 6) is 0.553. The molecule has 1 heterocycles. The summed E-state index contributed by atoms with van der Waals surface area (Å²) in [5.41, 5.74) is 1.59. The average molecular weight is 433 g/mol. The highest BCUT2D eigenvalue weighted by atomic mass is 32.2. The van der Waals surface area contributed by atoms with Crippen LogP contribution in [-0.2, 0) is 26.0 Å². The predicted molar refractivity (Wildman–Crippen MR) is 115 cm³/mol. The molecule has 162 valence electrons. The summed E-state index contributed by atoms with van der Waals surface area (Å²) in [5, 5.41) is 2.86. The van der Waals surface area contributed by atoms with E-state index in [-0.39, 0.29) is 5.91 Å². The van der Waals surface area contributed by atoms with Crippen molar-refractivity contribution < 1.29 is 22.7 Å². The smallest absolute Gasteiger partial charge is 0.243 e. The fourth-order valence-electron chi connectivity index (χ4n) is 3.29. The Balaban J connectivity index is 1.51. The van der Waals surface area contributed by atoms with Gasteiger partial charge in [-0.3, -0.25) is 4.79 Å². The van der Waals surface area contributed by atoms with Crippen LogP contribution in [0, 0.1) is 0 Å². The molecule has 1 saturated heterocycles. The van der Waals surface area contributed by atoms with Gasteiger partial charge >= 0.3 is 0 Å². The lowest BCUT2D eigenvalue weighted by molar-refractivity contribution is -0.116. The first kappa shape index (κ1) is 22.3. The van der Waals surface area contributed by atoms with E-state index in [0.717, 1.165) is 18.4 Å². The lowest BCUT2D eigenvalue weighted by Gasteiger charge is -2.15. The molecular weight excluding hydrogens is 404 g/mol. The van der Waals surface area contributed by atoms with E-state index < -0.39 is 10.0 Å². The Labute approximate surface area is 178 Å². The number of ether oxygens (including phenoxy) is 2. The first-order valence-electron chi connectivity index (χ1n) is 10.1. The Morgan fingerprint density at radius 3 is 2.50 bits per heavy atom. The first-order chi connectivity index (χ1) is 14.5. The van der Waals surface area contributed by atoms with Crippen molar-refractivity contribution in [1.82, 2.24) is 4.31 Å². The molecule has 0 saturated carbocycles. The fourth-order valence-corrected chi connectivity index (χ4v) is 4.81. The third kappa shape index (κ3) is 6.04. The Kier molecular flexibility index (Phi) is 7.84. The molecule has 1 aliphatic heterocycles. The maximum absolute atomic E-state index is 12.6. The van der Waals surface area contributed by atoms with Gasteiger partial charge < -0.3 is 14.8 Å². The second-order valence-electron chi connectivity index (χ2n) is 7.17. The van der Waals surface area contributed by atoms with E-state index >= 15 is 0 Å². The van der Waals surface area contributed by atoms with E-state index in [1.807, 2.05) is 12.1 Å². The summed E-state index contributed by atoms with van der Waals surface area (Å²) in [6, 6.07) is 14.0. The molecule has 1 amide bonds. The molecule has 1 N–H and O–H groups in total. The average Bonchev–Trinajstić information content (AvgIpc) is 3.29. The fraction of sp³-hybridized carbons (Fsp3) is 0.409. The van der Waals surface area contributed by atoms with E-state index in [0.29, 0.717) is 55.5 Å². The number of rotatable bonds is 10. The minimum Gasteiger partial charge on any atom is -0.491 e. The van der Waals surface area contributed by atoms with E-state index in [2.05, 4.69) is 5.32 Å². The summed E-state index contributed by atoms with van der Waals surface area (Å²) < 4.78 is 37.2. The number of methoxy groups -OCH3 is 1. The Bertz CT molecular complexity index is 938. The molecule has 3 rings (SSSR count). The lowest BCUT2D eigenvalue weighted by atomic mass is 10.1. The number of hydrogen-bond acceptors (Lipinski definition) is 5. The molecule has 2 aromatic carbocycles. The van der Waals surface area contributed by atoms with Gasteiger partial charge in [-0.15, -0.1) is 0 Å². The number of hydrogen-bond donors (Lipinski definition) is 1. The van der Waals surface area contributed by atoms with Crippen LogP contribution in [0.2, 0.25) is 0 Å². The van der Waals surface area contributed by atoms with Gasteiger partial charge in [0, 0.05) is 38.4 Å². The van der Waals surface area contributed by atoms with Crippen LogP contribution in [0.4, 0.5) is 5.69 Å². The predicted octanol–water partition coefficient (Wildman–Crippen LogP) is 3.07. The van der Waals surface area contributed by atoms with E-state index in [9.17, 15) is 13.2 Å². The molecule has 0 radical (unpaired) electrons. The second-order valence-corrected chi connectivity index (χ2v) is 9.11. The minimum atomic E-state index is -3.41. The van der Waals surface area contributed by atoms with Gasteiger partial charge in [-0.25, -0.2) is 8.42 Å². The van der Waals surface area contributed by atoms with Crippen LogP contribution in [0.1, 0.15) is 24.8 Å². The van der Waals surface area contributed by atoms with Crippen LogP contribution in [0.15, 0.2) is 53.4 Å². The Hall–Kier alpha value is -2.42. The summed E-state index contributed by atoms with van der Waals surface area (Å²) in [7, 11) is -1.79. The van der Waals surface area contributed by atoms with Gasteiger partial charge in [-0.05, 0) is 49.1 Å². The van der Waals surface area contributed by atoms with Crippen molar-refractivity contribution in [3.05, 3.63) is 54.1 Å². The molecule has 0 unspecified atom stereocenters. The Morgan fingerprint density at radius 2 is 1.80 bits per heavy atom. The molecule has 7 nitrogen and oxygen atoms in total. The SMILES string of the molecule is COCCOc1cccc(NC(=O)CCc2ccc(S(=O)(=O)N3CCCC3)cc2)c1. The molecule has 0 bridgehead atoms. The third-order valence-electron chi connectivity index (χ3n) is 4.94. The van der Waals surface area contributed by atoms with Crippen LogP contribution in [0.3, 0.4) is 0 Å². The first-order valence-corrected chi connectivity index (χ1v) is 11.5. The highest BCUT2D eigenvalue weighted by Gasteiger charge is 2.26. The van der Waals surface area contributed by atoms with Crippen molar-refractivity contribution in [2.24, 2.45) is 0 Å². The number of amides is 1. The molecule has 0 aliphatic carbocycles. The number of sulfonamides is 1. The maximum Gasteiger partial charge on any atom is 0.243 e. The number of carbonyl (C=O) groups is 1. The van der Waals surface area contributed by atoms with Crippen LogP contribution < -0.4 is 10.1 Å². The number of nitrogens with zero attached hydrogens (tertiary/aromatic N) is 1. The van der Waals surface area contributed by atoms with Crippen molar-refractivity contribution in [3.8, 4) is 5.75 Å². The third-order valence-corrected chi connectivity index (χ3v) is 6.85. The zero-order valence-corrected chi connectivity index (χ0v) is 18.0. The van der Waals surface area contributed by atoms with Gasteiger partial charge in [0.05, 0.1) is 11.5 Å². The minimum absolute atomic E-state index is 0.113. The standard InChI is InChI=1S/C22H28N2O5S/c1-28-15-16-29-20-6-4-5-19(17-20)23-22(25)12-9-18-7-10-21(11-8-18)30(26,27)24-13-2-3-14-24/h4-8,10-11,17H,2-3,9,12-16H2,1H3,(H,23,25). The van der Waals surface area contributed by atoms with Crippen molar-refractivity contribution in [3.63, 3.8) is 0 Å². The summed E-state index contributed by atoms with van der Waals surface area (Å²) in [6.07, 6.45) is 2.65. The summed E-state index contributed by atoms with van der Waals surface area (Å²) in [6.45, 7) is 2.11. The quantitative estimate of drug-likeness (QED) is 0.583. The normalized spacial score (nSPS) is 14.6. The van der Waals surface area contributed by atoms with Crippen molar-refractivity contribution in [1.29, 1.82) is 0 Å². The van der Waals surface area contributed by atoms with Crippen LogP contribution in [-0.4, -0.2) is 52.0 Å². The maximum atomic E-state index is 12.6. The highest BCUT2D eigenvalue weighted by Crippen LogP contribution is 2.22. The molecular formula is C22H28N2O5S. The topological polar surface area (TPSA) is 84.9 Å². The Morgan fingerprint density at radius 1 is 1.07 bits per heavy atom. The van der Waals surface area contributed by atoms with Gasteiger partial charge in [0.15, 0.2) is 0 Å². The van der Waals surface area contributed by atoms with E-state index in [4.69, 9.17) is 9.47 Å². The van der Waals surface area contributed by atoms with Crippen LogP contribution >= 0.6 is 0 Å². The molecule has 2 aromatic rings. The molecule has 8 heteroatoms. The number of aryl methyl sites for hydroxylation is 1. The second kappa shape index (κ2) is 10.6. The van der Waals surface area contributed by atoms with E-state index in [1.54, 1.807) is 43.5 Å². The van der Waals surface area contributed by atoms with Gasteiger partial charge in [-0.2, -0.15) is 4.31 Å². The lowest BCUT2D eigenvalue weighted by Crippen LogP contribution is -2.27. The molecule has 1 fully saturated rings. The number of carbonyl (C=O) groups excluding carboxylic acids is 1. The monoisotopic (exact) mass is 432 g/mol. The van der Waals surface area contributed by atoms with Gasteiger partial charge in [0.25, 0.3) is 0 Å². The number of benzene rings is 2. The highest BCUT2D eigenvalue weighted by molar-refractivity contribution is 7.89. The zero-order chi connectivity index (χ0) is 21.4. The van der Waals surface area contributed by atoms with Gasteiger partial charge in [-0.1, -0.05) is 18.2 Å². The van der Waals surface area contributed by atoms with Crippen molar-refractivity contribution in [2.75, 3.05) is 38.7 Å². The molecule has 30 heavy (non-hydrogen) atoms. The summed E-state index contributed by atoms with van der Waals surface area (Å²) in [4.78, 5) is 12.6. The summed E-state index contributed by atoms with van der Waals surface area (Å²) >= 11 is 0. The van der Waals surface area contributed by atoms with Crippen molar-refractivity contribution in [2.45, 2.75) is 30.6 Å². The van der Waals surface area contributed by atoms with Crippen LogP contribution in [0.5, 0.6) is 5.75 Å². The molecule has 0 aromatic heterocycles. The van der Waals surface area contributed by atoms with Crippen LogP contribution in [0.25, 0.3) is 0 Å². The number of anilines is 1. The molecule has 0 spiro atoms. The van der Waals surface area contributed by atoms with Gasteiger partial charge in [0.2, 0.25) is 15.9 Å². The molecule has 0 atom stereocenters. The van der Waals surface area contributed by atoms with Gasteiger partial charge in [0.1, 0.15) is 12.4 Å². The molecule has 1 aliphatic rings. The zero-order valence-electron chi connectivity index (χ0n) is 17.2.